The third kappa shape index (κ3) is 3.69. The third-order valence-corrected chi connectivity index (χ3v) is 5.59. The molecule has 0 spiro atoms. The standard InChI is InChI=1S/C18H27BrN2/c1-2-11-21(17-7-9-20-10-8-17)18-6-4-14-3-5-16(19)12-15(14)13-18/h3,5,12,17-18,20H,2,4,6-11,13H2,1H3. The van der Waals surface area contributed by atoms with Crippen molar-refractivity contribution in [3.8, 4) is 0 Å². The molecule has 1 aromatic carbocycles. The number of hydrogen-bond donors (Lipinski definition) is 1. The monoisotopic (exact) mass is 350 g/mol. The van der Waals surface area contributed by atoms with Crippen molar-refractivity contribution in [1.82, 2.24) is 10.2 Å². The summed E-state index contributed by atoms with van der Waals surface area (Å²) in [4.78, 5) is 2.84. The molecule has 1 fully saturated rings. The molecule has 1 aliphatic carbocycles. The molecule has 0 aromatic heterocycles. The number of nitrogens with zero attached hydrogens (tertiary/aromatic N) is 1. The van der Waals surface area contributed by atoms with E-state index in [4.69, 9.17) is 0 Å². The van der Waals surface area contributed by atoms with Gasteiger partial charge in [0.05, 0.1) is 0 Å². The second-order valence-corrected chi connectivity index (χ2v) is 7.44. The Morgan fingerprint density at radius 1 is 1.14 bits per heavy atom. The van der Waals surface area contributed by atoms with Crippen LogP contribution in [0.1, 0.15) is 43.7 Å². The Morgan fingerprint density at radius 3 is 2.71 bits per heavy atom. The van der Waals surface area contributed by atoms with Gasteiger partial charge in [0, 0.05) is 16.6 Å². The molecular weight excluding hydrogens is 324 g/mol. The molecule has 3 heteroatoms. The topological polar surface area (TPSA) is 15.3 Å². The molecule has 1 aliphatic heterocycles. The highest BCUT2D eigenvalue weighted by atomic mass is 79.9. The minimum absolute atomic E-state index is 0.745. The first kappa shape index (κ1) is 15.5. The first-order valence-corrected chi connectivity index (χ1v) is 9.31. The zero-order chi connectivity index (χ0) is 14.7. The van der Waals surface area contributed by atoms with Crippen LogP contribution in [0.15, 0.2) is 22.7 Å². The molecule has 1 N–H and O–H groups in total. The molecule has 2 aliphatic rings. The van der Waals surface area contributed by atoms with Crippen LogP contribution in [-0.2, 0) is 12.8 Å². The van der Waals surface area contributed by atoms with Crippen LogP contribution in [0.4, 0.5) is 0 Å². The van der Waals surface area contributed by atoms with E-state index < -0.39 is 0 Å². The number of aryl methyl sites for hydroxylation is 1. The lowest BCUT2D eigenvalue weighted by Crippen LogP contribution is -2.50. The van der Waals surface area contributed by atoms with E-state index in [0.717, 1.165) is 12.1 Å². The van der Waals surface area contributed by atoms with Crippen LogP contribution in [0.2, 0.25) is 0 Å². The second-order valence-electron chi connectivity index (χ2n) is 6.53. The van der Waals surface area contributed by atoms with E-state index >= 15 is 0 Å². The van der Waals surface area contributed by atoms with Crippen molar-refractivity contribution in [2.45, 2.75) is 57.5 Å². The minimum Gasteiger partial charge on any atom is -0.317 e. The summed E-state index contributed by atoms with van der Waals surface area (Å²) in [6, 6.07) is 8.38. The van der Waals surface area contributed by atoms with Crippen LogP contribution in [0, 0.1) is 0 Å². The molecule has 1 aromatic rings. The summed E-state index contributed by atoms with van der Waals surface area (Å²) in [6.07, 6.45) is 7.73. The number of nitrogens with one attached hydrogen (secondary N) is 1. The zero-order valence-corrected chi connectivity index (χ0v) is 14.7. The number of benzene rings is 1. The van der Waals surface area contributed by atoms with E-state index in [9.17, 15) is 0 Å². The van der Waals surface area contributed by atoms with Crippen LogP contribution < -0.4 is 5.32 Å². The Morgan fingerprint density at radius 2 is 1.95 bits per heavy atom. The number of rotatable bonds is 4. The van der Waals surface area contributed by atoms with Gasteiger partial charge < -0.3 is 5.32 Å². The fourth-order valence-corrected chi connectivity index (χ4v) is 4.46. The lowest BCUT2D eigenvalue weighted by atomic mass is 9.86. The molecule has 0 bridgehead atoms. The van der Waals surface area contributed by atoms with Crippen molar-refractivity contribution < 1.29 is 0 Å². The molecule has 0 saturated carbocycles. The van der Waals surface area contributed by atoms with Crippen LogP contribution in [0.25, 0.3) is 0 Å². The summed E-state index contributed by atoms with van der Waals surface area (Å²) < 4.78 is 1.23. The molecule has 21 heavy (non-hydrogen) atoms. The predicted molar refractivity (Wildman–Crippen MR) is 92.8 cm³/mol. The number of piperidine rings is 1. The van der Waals surface area contributed by atoms with Gasteiger partial charge in [0.2, 0.25) is 0 Å². The normalized spacial score (nSPS) is 23.3. The van der Waals surface area contributed by atoms with Crippen molar-refractivity contribution in [2.75, 3.05) is 19.6 Å². The molecule has 3 rings (SSSR count). The van der Waals surface area contributed by atoms with Gasteiger partial charge in [-0.2, -0.15) is 0 Å². The van der Waals surface area contributed by atoms with E-state index in [2.05, 4.69) is 51.3 Å². The first-order chi connectivity index (χ1) is 10.3. The van der Waals surface area contributed by atoms with E-state index in [0.29, 0.717) is 0 Å². The molecule has 1 saturated heterocycles. The van der Waals surface area contributed by atoms with Gasteiger partial charge in [0.1, 0.15) is 0 Å². The smallest absolute Gasteiger partial charge is 0.0178 e. The Labute approximate surface area is 137 Å². The Balaban J connectivity index is 1.74. The number of hydrogen-bond acceptors (Lipinski definition) is 2. The van der Waals surface area contributed by atoms with Crippen molar-refractivity contribution >= 4 is 15.9 Å². The molecule has 116 valence electrons. The number of fused-ring (bicyclic) bond motifs is 1. The van der Waals surface area contributed by atoms with Crippen molar-refractivity contribution in [1.29, 1.82) is 0 Å². The van der Waals surface area contributed by atoms with E-state index in [-0.39, 0.29) is 0 Å². The van der Waals surface area contributed by atoms with Gasteiger partial charge >= 0.3 is 0 Å². The fourth-order valence-electron chi connectivity index (χ4n) is 4.05. The van der Waals surface area contributed by atoms with Gasteiger partial charge in [-0.25, -0.2) is 0 Å². The molecule has 1 heterocycles. The molecule has 0 amide bonds. The lowest BCUT2D eigenvalue weighted by molar-refractivity contribution is 0.0989. The van der Waals surface area contributed by atoms with E-state index in [1.807, 2.05) is 0 Å². The SMILES string of the molecule is CCCN(C1CCNCC1)C1CCc2ccc(Br)cc2C1. The lowest BCUT2D eigenvalue weighted by Gasteiger charge is -2.42. The summed E-state index contributed by atoms with van der Waals surface area (Å²) in [6.45, 7) is 5.97. The fraction of sp³-hybridized carbons (Fsp3) is 0.667. The predicted octanol–water partition coefficient (Wildman–Crippen LogP) is 3.77. The van der Waals surface area contributed by atoms with Gasteiger partial charge in [-0.1, -0.05) is 28.9 Å². The molecule has 0 radical (unpaired) electrons. The van der Waals surface area contributed by atoms with Gasteiger partial charge in [-0.3, -0.25) is 4.90 Å². The zero-order valence-electron chi connectivity index (χ0n) is 13.1. The van der Waals surface area contributed by atoms with Gasteiger partial charge in [-0.15, -0.1) is 0 Å². The highest BCUT2D eigenvalue weighted by Crippen LogP contribution is 2.29. The van der Waals surface area contributed by atoms with Gasteiger partial charge in [0.25, 0.3) is 0 Å². The Kier molecular flexibility index (Phi) is 5.36. The van der Waals surface area contributed by atoms with Crippen molar-refractivity contribution in [3.63, 3.8) is 0 Å². The maximum Gasteiger partial charge on any atom is 0.0178 e. The Bertz CT molecular complexity index is 468. The minimum atomic E-state index is 0.745. The van der Waals surface area contributed by atoms with Crippen LogP contribution >= 0.6 is 15.9 Å². The van der Waals surface area contributed by atoms with Crippen LogP contribution in [0.5, 0.6) is 0 Å². The highest BCUT2D eigenvalue weighted by Gasteiger charge is 2.29. The molecular formula is C18H27BrN2. The van der Waals surface area contributed by atoms with Crippen molar-refractivity contribution in [3.05, 3.63) is 33.8 Å². The third-order valence-electron chi connectivity index (χ3n) is 5.10. The summed E-state index contributed by atoms with van der Waals surface area (Å²) in [5, 5.41) is 3.50. The van der Waals surface area contributed by atoms with Crippen molar-refractivity contribution in [2.24, 2.45) is 0 Å². The Hall–Kier alpha value is -0.380. The molecule has 2 nitrogen and oxygen atoms in total. The second kappa shape index (κ2) is 7.26. The molecule has 1 unspecified atom stereocenters. The molecule has 1 atom stereocenters. The highest BCUT2D eigenvalue weighted by molar-refractivity contribution is 9.10. The number of halogens is 1. The maximum absolute atomic E-state index is 3.63. The average molecular weight is 351 g/mol. The van der Waals surface area contributed by atoms with E-state index in [1.54, 1.807) is 11.1 Å². The largest absolute Gasteiger partial charge is 0.317 e. The summed E-state index contributed by atoms with van der Waals surface area (Å²) in [7, 11) is 0. The maximum atomic E-state index is 3.63. The van der Waals surface area contributed by atoms with Crippen LogP contribution in [0.3, 0.4) is 0 Å². The summed E-state index contributed by atoms with van der Waals surface area (Å²) in [5.41, 5.74) is 3.13. The average Bonchev–Trinajstić information content (AvgIpc) is 2.52. The summed E-state index contributed by atoms with van der Waals surface area (Å²) >= 11 is 3.63. The van der Waals surface area contributed by atoms with E-state index in [1.165, 1.54) is 62.6 Å². The first-order valence-electron chi connectivity index (χ1n) is 8.51. The summed E-state index contributed by atoms with van der Waals surface area (Å²) in [5.74, 6) is 0. The van der Waals surface area contributed by atoms with Crippen LogP contribution in [-0.4, -0.2) is 36.6 Å². The van der Waals surface area contributed by atoms with Gasteiger partial charge in [0.15, 0.2) is 0 Å². The quantitative estimate of drug-likeness (QED) is 0.888. The van der Waals surface area contributed by atoms with Gasteiger partial charge in [-0.05, 0) is 81.4 Å².